The van der Waals surface area contributed by atoms with Gasteiger partial charge >= 0.3 is 6.09 Å². The van der Waals surface area contributed by atoms with E-state index in [1.165, 1.54) is 4.90 Å². The second kappa shape index (κ2) is 4.99. The number of amides is 2. The summed E-state index contributed by atoms with van der Waals surface area (Å²) in [4.78, 5) is 24.7. The van der Waals surface area contributed by atoms with E-state index >= 15 is 0 Å². The average Bonchev–Trinajstić information content (AvgIpc) is 2.73. The van der Waals surface area contributed by atoms with Crippen LogP contribution in [0.2, 0.25) is 0 Å². The molecule has 4 heteroatoms. The summed E-state index contributed by atoms with van der Waals surface area (Å²) in [6, 6.07) is 9.39. The van der Waals surface area contributed by atoms with E-state index in [1.54, 1.807) is 6.92 Å². The van der Waals surface area contributed by atoms with Gasteiger partial charge in [-0.25, -0.2) is 9.69 Å². The largest absolute Gasteiger partial charge is 0.449 e. The third-order valence-electron chi connectivity index (χ3n) is 2.86. The number of nitrogens with zero attached hydrogens (tertiary/aromatic N) is 1. The van der Waals surface area contributed by atoms with Crippen molar-refractivity contribution >= 4 is 12.0 Å². The van der Waals surface area contributed by atoms with Crippen LogP contribution in [-0.4, -0.2) is 23.5 Å². The first-order chi connectivity index (χ1) is 8.24. The fourth-order valence-corrected chi connectivity index (χ4v) is 2.10. The molecule has 0 N–H and O–H groups in total. The molecular formula is C13H15NO3. The van der Waals surface area contributed by atoms with Gasteiger partial charge in [-0.2, -0.15) is 0 Å². The van der Waals surface area contributed by atoms with E-state index < -0.39 is 6.09 Å². The van der Waals surface area contributed by atoms with Crippen molar-refractivity contribution in [2.45, 2.75) is 25.8 Å². The van der Waals surface area contributed by atoms with Gasteiger partial charge < -0.3 is 4.74 Å². The van der Waals surface area contributed by atoms with Gasteiger partial charge in [-0.05, 0) is 18.9 Å². The standard InChI is InChI=1S/C13H15NO3/c1-2-17-13(16)14-11(8-9-12(14)15)10-6-4-3-5-7-10/h3-7,11H,2,8-9H2,1H3. The predicted molar refractivity (Wildman–Crippen MR) is 62.3 cm³/mol. The molecule has 0 saturated carbocycles. The van der Waals surface area contributed by atoms with Gasteiger partial charge in [-0.15, -0.1) is 0 Å². The monoisotopic (exact) mass is 233 g/mol. The number of imide groups is 1. The van der Waals surface area contributed by atoms with Crippen molar-refractivity contribution in [3.05, 3.63) is 35.9 Å². The van der Waals surface area contributed by atoms with Gasteiger partial charge in [-0.3, -0.25) is 4.79 Å². The second-order valence-corrected chi connectivity index (χ2v) is 3.93. The minimum atomic E-state index is -0.538. The summed E-state index contributed by atoms with van der Waals surface area (Å²) in [5.41, 5.74) is 0.978. The lowest BCUT2D eigenvalue weighted by Crippen LogP contribution is -2.34. The zero-order chi connectivity index (χ0) is 12.3. The van der Waals surface area contributed by atoms with Crippen LogP contribution in [0.4, 0.5) is 4.79 Å². The first kappa shape index (κ1) is 11.6. The Morgan fingerprint density at radius 1 is 1.41 bits per heavy atom. The van der Waals surface area contributed by atoms with Crippen molar-refractivity contribution in [2.75, 3.05) is 6.61 Å². The molecule has 0 radical (unpaired) electrons. The summed E-state index contributed by atoms with van der Waals surface area (Å²) in [5.74, 6) is -0.155. The van der Waals surface area contributed by atoms with Crippen LogP contribution < -0.4 is 0 Å². The predicted octanol–water partition coefficient (Wildman–Crippen LogP) is 2.51. The summed E-state index contributed by atoms with van der Waals surface area (Å²) >= 11 is 0. The maximum Gasteiger partial charge on any atom is 0.417 e. The highest BCUT2D eigenvalue weighted by atomic mass is 16.6. The lowest BCUT2D eigenvalue weighted by Gasteiger charge is -2.22. The summed E-state index contributed by atoms with van der Waals surface area (Å²) in [5, 5.41) is 0. The van der Waals surface area contributed by atoms with Crippen molar-refractivity contribution in [3.8, 4) is 0 Å². The molecule has 0 aromatic heterocycles. The van der Waals surface area contributed by atoms with E-state index in [9.17, 15) is 9.59 Å². The average molecular weight is 233 g/mol. The molecule has 1 heterocycles. The molecule has 1 unspecified atom stereocenters. The van der Waals surface area contributed by atoms with Crippen LogP contribution in [0.1, 0.15) is 31.4 Å². The van der Waals surface area contributed by atoms with Crippen molar-refractivity contribution in [3.63, 3.8) is 0 Å². The van der Waals surface area contributed by atoms with Crippen molar-refractivity contribution in [1.29, 1.82) is 0 Å². The fourth-order valence-electron chi connectivity index (χ4n) is 2.10. The Kier molecular flexibility index (Phi) is 3.42. The molecule has 1 saturated heterocycles. The molecule has 2 rings (SSSR count). The van der Waals surface area contributed by atoms with Crippen LogP contribution in [-0.2, 0) is 9.53 Å². The summed E-state index contributed by atoms with van der Waals surface area (Å²) in [7, 11) is 0. The number of carbonyl (C=O) groups is 2. The quantitative estimate of drug-likeness (QED) is 0.788. The van der Waals surface area contributed by atoms with Gasteiger partial charge in [-0.1, -0.05) is 30.3 Å². The van der Waals surface area contributed by atoms with Crippen molar-refractivity contribution in [1.82, 2.24) is 4.90 Å². The first-order valence-corrected chi connectivity index (χ1v) is 5.77. The highest BCUT2D eigenvalue weighted by molar-refractivity contribution is 5.94. The number of likely N-dealkylation sites (tertiary alicyclic amines) is 1. The Morgan fingerprint density at radius 2 is 2.12 bits per heavy atom. The molecule has 1 aromatic rings. The summed E-state index contributed by atoms with van der Waals surface area (Å²) in [6.07, 6.45) is 0.531. The maximum atomic E-state index is 11.7. The molecule has 1 aliphatic heterocycles. The Balaban J connectivity index is 2.22. The number of hydrogen-bond acceptors (Lipinski definition) is 3. The SMILES string of the molecule is CCOC(=O)N1C(=O)CCC1c1ccccc1. The molecule has 0 aliphatic carbocycles. The Bertz CT molecular complexity index is 416. The lowest BCUT2D eigenvalue weighted by molar-refractivity contribution is -0.127. The zero-order valence-electron chi connectivity index (χ0n) is 9.76. The number of hydrogen-bond donors (Lipinski definition) is 0. The Labute approximate surface area is 100 Å². The number of benzene rings is 1. The summed E-state index contributed by atoms with van der Waals surface area (Å²) in [6.45, 7) is 2.01. The van der Waals surface area contributed by atoms with Crippen LogP contribution in [0.15, 0.2) is 30.3 Å². The van der Waals surface area contributed by atoms with Gasteiger partial charge in [0.2, 0.25) is 5.91 Å². The van der Waals surface area contributed by atoms with Crippen LogP contribution in [0, 0.1) is 0 Å². The van der Waals surface area contributed by atoms with Gasteiger partial charge in [0.1, 0.15) is 0 Å². The van der Waals surface area contributed by atoms with E-state index in [0.29, 0.717) is 12.8 Å². The van der Waals surface area contributed by atoms with Gasteiger partial charge in [0.05, 0.1) is 12.6 Å². The zero-order valence-corrected chi connectivity index (χ0v) is 9.76. The third kappa shape index (κ3) is 2.30. The van der Waals surface area contributed by atoms with E-state index in [4.69, 9.17) is 4.74 Å². The fraction of sp³-hybridized carbons (Fsp3) is 0.385. The first-order valence-electron chi connectivity index (χ1n) is 5.77. The third-order valence-corrected chi connectivity index (χ3v) is 2.86. The molecule has 0 spiro atoms. The Morgan fingerprint density at radius 3 is 2.76 bits per heavy atom. The lowest BCUT2D eigenvalue weighted by atomic mass is 10.1. The van der Waals surface area contributed by atoms with Gasteiger partial charge in [0, 0.05) is 6.42 Å². The Hall–Kier alpha value is -1.84. The topological polar surface area (TPSA) is 46.6 Å². The molecule has 90 valence electrons. The van der Waals surface area contributed by atoms with Crippen LogP contribution in [0.25, 0.3) is 0 Å². The smallest absolute Gasteiger partial charge is 0.417 e. The van der Waals surface area contributed by atoms with E-state index in [1.807, 2.05) is 30.3 Å². The van der Waals surface area contributed by atoms with Gasteiger partial charge in [0.25, 0.3) is 0 Å². The van der Waals surface area contributed by atoms with E-state index in [-0.39, 0.29) is 18.6 Å². The van der Waals surface area contributed by atoms with Crippen molar-refractivity contribution in [2.24, 2.45) is 0 Å². The molecular weight excluding hydrogens is 218 g/mol. The van der Waals surface area contributed by atoms with E-state index in [0.717, 1.165) is 5.56 Å². The number of ether oxygens (including phenoxy) is 1. The van der Waals surface area contributed by atoms with Crippen LogP contribution in [0.3, 0.4) is 0 Å². The van der Waals surface area contributed by atoms with Gasteiger partial charge in [0.15, 0.2) is 0 Å². The molecule has 1 aromatic carbocycles. The molecule has 17 heavy (non-hydrogen) atoms. The highest BCUT2D eigenvalue weighted by Gasteiger charge is 2.37. The molecule has 1 atom stereocenters. The molecule has 0 bridgehead atoms. The van der Waals surface area contributed by atoms with Crippen LogP contribution >= 0.6 is 0 Å². The van der Waals surface area contributed by atoms with E-state index in [2.05, 4.69) is 0 Å². The second-order valence-electron chi connectivity index (χ2n) is 3.93. The van der Waals surface area contributed by atoms with Crippen LogP contribution in [0.5, 0.6) is 0 Å². The number of carbonyl (C=O) groups excluding carboxylic acids is 2. The maximum absolute atomic E-state index is 11.7. The number of rotatable bonds is 2. The molecule has 1 aliphatic rings. The molecule has 2 amide bonds. The normalized spacial score (nSPS) is 19.5. The summed E-state index contributed by atoms with van der Waals surface area (Å²) < 4.78 is 4.91. The van der Waals surface area contributed by atoms with Crippen molar-refractivity contribution < 1.29 is 14.3 Å². The molecule has 1 fully saturated rings. The minimum Gasteiger partial charge on any atom is -0.449 e. The highest BCUT2D eigenvalue weighted by Crippen LogP contribution is 2.33. The molecule has 4 nitrogen and oxygen atoms in total. The minimum absolute atomic E-state index is 0.155.